The van der Waals surface area contributed by atoms with Crippen molar-refractivity contribution in [3.8, 4) is 0 Å². The Bertz CT molecular complexity index is 201. The molecule has 0 unspecified atom stereocenters. The van der Waals surface area contributed by atoms with E-state index in [2.05, 4.69) is 4.90 Å². The average Bonchev–Trinajstić information content (AvgIpc) is 2.18. The molecule has 0 spiro atoms. The summed E-state index contributed by atoms with van der Waals surface area (Å²) >= 11 is 0. The van der Waals surface area contributed by atoms with Crippen LogP contribution in [-0.4, -0.2) is 67.4 Å². The van der Waals surface area contributed by atoms with E-state index in [4.69, 9.17) is 9.84 Å². The molecular weight excluding hydrogens is 196 g/mol. The number of hydrogen-bond donors (Lipinski definition) is 1. The standard InChI is InChI=1S/C10H20N2O3/c1-11(2)7-8-15-9-3-5-12(6-4-9)10(13)14/h9H,3-8H2,1-2H3,(H,13,14). The van der Waals surface area contributed by atoms with Crippen molar-refractivity contribution >= 4 is 6.09 Å². The van der Waals surface area contributed by atoms with Crippen molar-refractivity contribution < 1.29 is 14.6 Å². The molecule has 0 aliphatic carbocycles. The van der Waals surface area contributed by atoms with Gasteiger partial charge in [0.15, 0.2) is 0 Å². The highest BCUT2D eigenvalue weighted by molar-refractivity contribution is 5.64. The molecule has 0 aromatic heterocycles. The highest BCUT2D eigenvalue weighted by Gasteiger charge is 2.22. The summed E-state index contributed by atoms with van der Waals surface area (Å²) in [5.74, 6) is 0. The lowest BCUT2D eigenvalue weighted by atomic mass is 10.1. The largest absolute Gasteiger partial charge is 0.465 e. The van der Waals surface area contributed by atoms with Crippen LogP contribution < -0.4 is 0 Å². The molecule has 1 heterocycles. The van der Waals surface area contributed by atoms with E-state index in [0.717, 1.165) is 26.0 Å². The summed E-state index contributed by atoms with van der Waals surface area (Å²) in [5, 5.41) is 8.75. The van der Waals surface area contributed by atoms with Gasteiger partial charge in [0.2, 0.25) is 0 Å². The number of rotatable bonds is 4. The summed E-state index contributed by atoms with van der Waals surface area (Å²) in [4.78, 5) is 14.2. The SMILES string of the molecule is CN(C)CCOC1CCN(C(=O)O)CC1. The number of carbonyl (C=O) groups is 1. The van der Waals surface area contributed by atoms with Crippen molar-refractivity contribution in [2.24, 2.45) is 0 Å². The highest BCUT2D eigenvalue weighted by atomic mass is 16.5. The van der Waals surface area contributed by atoms with Crippen molar-refractivity contribution in [1.82, 2.24) is 9.80 Å². The van der Waals surface area contributed by atoms with Gasteiger partial charge in [-0.25, -0.2) is 4.79 Å². The van der Waals surface area contributed by atoms with Gasteiger partial charge in [0.25, 0.3) is 0 Å². The van der Waals surface area contributed by atoms with Gasteiger partial charge in [-0.15, -0.1) is 0 Å². The molecular formula is C10H20N2O3. The zero-order valence-corrected chi connectivity index (χ0v) is 9.48. The van der Waals surface area contributed by atoms with Crippen LogP contribution in [0.5, 0.6) is 0 Å². The van der Waals surface area contributed by atoms with Crippen LogP contribution in [0.1, 0.15) is 12.8 Å². The van der Waals surface area contributed by atoms with Gasteiger partial charge in [-0.1, -0.05) is 0 Å². The highest BCUT2D eigenvalue weighted by Crippen LogP contribution is 2.13. The lowest BCUT2D eigenvalue weighted by Gasteiger charge is -2.30. The Balaban J connectivity index is 2.12. The molecule has 1 N–H and O–H groups in total. The molecule has 1 aliphatic rings. The minimum Gasteiger partial charge on any atom is -0.465 e. The van der Waals surface area contributed by atoms with E-state index in [1.807, 2.05) is 14.1 Å². The van der Waals surface area contributed by atoms with Gasteiger partial charge in [-0.3, -0.25) is 0 Å². The average molecular weight is 216 g/mol. The van der Waals surface area contributed by atoms with Gasteiger partial charge < -0.3 is 19.6 Å². The van der Waals surface area contributed by atoms with E-state index in [1.54, 1.807) is 0 Å². The van der Waals surface area contributed by atoms with Crippen LogP contribution in [0.25, 0.3) is 0 Å². The van der Waals surface area contributed by atoms with Gasteiger partial charge in [0, 0.05) is 19.6 Å². The number of hydrogen-bond acceptors (Lipinski definition) is 3. The summed E-state index contributed by atoms with van der Waals surface area (Å²) in [5.41, 5.74) is 0. The van der Waals surface area contributed by atoms with E-state index in [9.17, 15) is 4.79 Å². The van der Waals surface area contributed by atoms with Crippen LogP contribution in [0, 0.1) is 0 Å². The fourth-order valence-electron chi connectivity index (χ4n) is 1.62. The molecule has 1 fully saturated rings. The quantitative estimate of drug-likeness (QED) is 0.752. The molecule has 1 aliphatic heterocycles. The summed E-state index contributed by atoms with van der Waals surface area (Å²) in [6.45, 7) is 2.84. The first-order chi connectivity index (χ1) is 7.09. The molecule has 88 valence electrons. The summed E-state index contributed by atoms with van der Waals surface area (Å²) in [6, 6.07) is 0. The van der Waals surface area contributed by atoms with Crippen molar-refractivity contribution in [2.45, 2.75) is 18.9 Å². The number of likely N-dealkylation sites (tertiary alicyclic amines) is 1. The zero-order chi connectivity index (χ0) is 11.3. The number of likely N-dealkylation sites (N-methyl/N-ethyl adjacent to an activating group) is 1. The maximum atomic E-state index is 10.6. The van der Waals surface area contributed by atoms with Crippen LogP contribution >= 0.6 is 0 Å². The first kappa shape index (κ1) is 12.3. The molecule has 15 heavy (non-hydrogen) atoms. The van der Waals surface area contributed by atoms with Crippen LogP contribution in [0.2, 0.25) is 0 Å². The van der Waals surface area contributed by atoms with Gasteiger partial charge in [0.1, 0.15) is 0 Å². The van der Waals surface area contributed by atoms with E-state index < -0.39 is 6.09 Å². The second-order valence-corrected chi connectivity index (χ2v) is 4.14. The van der Waals surface area contributed by atoms with E-state index in [1.165, 1.54) is 4.90 Å². The molecule has 0 aromatic rings. The first-order valence-electron chi connectivity index (χ1n) is 5.34. The number of nitrogens with zero attached hydrogens (tertiary/aromatic N) is 2. The van der Waals surface area contributed by atoms with Crippen molar-refractivity contribution in [1.29, 1.82) is 0 Å². The topological polar surface area (TPSA) is 53.0 Å². The van der Waals surface area contributed by atoms with Crippen molar-refractivity contribution in [3.05, 3.63) is 0 Å². The molecule has 1 saturated heterocycles. The number of ether oxygens (including phenoxy) is 1. The number of amides is 1. The molecule has 5 nitrogen and oxygen atoms in total. The molecule has 0 atom stereocenters. The predicted molar refractivity (Wildman–Crippen MR) is 57.1 cm³/mol. The summed E-state index contributed by atoms with van der Waals surface area (Å²) in [7, 11) is 4.02. The van der Waals surface area contributed by atoms with E-state index in [0.29, 0.717) is 13.1 Å². The second kappa shape index (κ2) is 5.92. The fourth-order valence-corrected chi connectivity index (χ4v) is 1.62. The minimum absolute atomic E-state index is 0.237. The van der Waals surface area contributed by atoms with Gasteiger partial charge in [-0.05, 0) is 26.9 Å². The maximum Gasteiger partial charge on any atom is 0.407 e. The Morgan fingerprint density at radius 1 is 1.47 bits per heavy atom. The van der Waals surface area contributed by atoms with Gasteiger partial charge >= 0.3 is 6.09 Å². The van der Waals surface area contributed by atoms with Crippen LogP contribution in [-0.2, 0) is 4.74 Å². The number of carboxylic acid groups (broad SMARTS) is 1. The summed E-state index contributed by atoms with van der Waals surface area (Å²) in [6.07, 6.45) is 1.06. The minimum atomic E-state index is -0.818. The van der Waals surface area contributed by atoms with Crippen molar-refractivity contribution in [3.63, 3.8) is 0 Å². The first-order valence-corrected chi connectivity index (χ1v) is 5.34. The monoisotopic (exact) mass is 216 g/mol. The molecule has 0 radical (unpaired) electrons. The third-order valence-corrected chi connectivity index (χ3v) is 2.60. The normalized spacial score (nSPS) is 18.5. The van der Waals surface area contributed by atoms with Crippen LogP contribution in [0.4, 0.5) is 4.79 Å². The maximum absolute atomic E-state index is 10.6. The predicted octanol–water partition coefficient (Wildman–Crippen LogP) is 0.707. The van der Waals surface area contributed by atoms with E-state index in [-0.39, 0.29) is 6.10 Å². The zero-order valence-electron chi connectivity index (χ0n) is 9.48. The Morgan fingerprint density at radius 2 is 2.07 bits per heavy atom. The molecule has 5 heteroatoms. The molecule has 0 saturated carbocycles. The number of piperidine rings is 1. The van der Waals surface area contributed by atoms with Crippen LogP contribution in [0.15, 0.2) is 0 Å². The molecule has 1 rings (SSSR count). The molecule has 0 bridgehead atoms. The Morgan fingerprint density at radius 3 is 2.53 bits per heavy atom. The smallest absolute Gasteiger partial charge is 0.407 e. The molecule has 1 amide bonds. The lowest BCUT2D eigenvalue weighted by Crippen LogP contribution is -2.40. The third kappa shape index (κ3) is 4.48. The lowest BCUT2D eigenvalue weighted by molar-refractivity contribution is 0.00494. The molecule has 0 aromatic carbocycles. The second-order valence-electron chi connectivity index (χ2n) is 4.14. The van der Waals surface area contributed by atoms with Crippen LogP contribution in [0.3, 0.4) is 0 Å². The fraction of sp³-hybridized carbons (Fsp3) is 0.900. The van der Waals surface area contributed by atoms with Gasteiger partial charge in [-0.2, -0.15) is 0 Å². The van der Waals surface area contributed by atoms with Crippen molar-refractivity contribution in [2.75, 3.05) is 40.3 Å². The Labute approximate surface area is 90.6 Å². The van der Waals surface area contributed by atoms with E-state index >= 15 is 0 Å². The summed E-state index contributed by atoms with van der Waals surface area (Å²) < 4.78 is 5.66. The Kier molecular flexibility index (Phi) is 4.84. The Hall–Kier alpha value is -0.810. The van der Waals surface area contributed by atoms with Gasteiger partial charge in [0.05, 0.1) is 12.7 Å². The third-order valence-electron chi connectivity index (χ3n) is 2.60.